The molecule has 3 aromatic rings. The Morgan fingerprint density at radius 2 is 1.71 bits per heavy atom. The summed E-state index contributed by atoms with van der Waals surface area (Å²) in [7, 11) is 0. The SMILES string of the molecule is O=C(N/N=c1\c(=O)c2ccc(O)cc2c1=O)NSc1ccccc1. The molecule has 0 bridgehead atoms. The van der Waals surface area contributed by atoms with Gasteiger partial charge in [0.1, 0.15) is 5.75 Å². The van der Waals surface area contributed by atoms with Gasteiger partial charge in [-0.15, -0.1) is 0 Å². The minimum absolute atomic E-state index is 0.0691. The zero-order valence-corrected chi connectivity index (χ0v) is 13.0. The van der Waals surface area contributed by atoms with Crippen molar-refractivity contribution in [3.63, 3.8) is 0 Å². The number of phenolic OH excluding ortho intramolecular Hbond substituents is 1. The molecular weight excluding hydrogens is 330 g/mol. The van der Waals surface area contributed by atoms with Crippen LogP contribution in [0, 0.1) is 0 Å². The largest absolute Gasteiger partial charge is 0.508 e. The summed E-state index contributed by atoms with van der Waals surface area (Å²) in [5.74, 6) is -0.124. The molecule has 2 amide bonds. The number of carbonyl (C=O) groups is 1. The molecule has 3 aromatic carbocycles. The summed E-state index contributed by atoms with van der Waals surface area (Å²) in [6.07, 6.45) is 0. The second kappa shape index (κ2) is 6.55. The van der Waals surface area contributed by atoms with Crippen molar-refractivity contribution in [3.05, 3.63) is 74.3 Å². The van der Waals surface area contributed by atoms with E-state index in [0.29, 0.717) is 0 Å². The predicted molar refractivity (Wildman–Crippen MR) is 90.1 cm³/mol. The molecule has 3 rings (SSSR count). The number of benzene rings is 2. The van der Waals surface area contributed by atoms with Crippen molar-refractivity contribution >= 4 is 28.8 Å². The maximum absolute atomic E-state index is 12.1. The van der Waals surface area contributed by atoms with E-state index < -0.39 is 22.2 Å². The van der Waals surface area contributed by atoms with E-state index in [-0.39, 0.29) is 16.5 Å². The van der Waals surface area contributed by atoms with Crippen LogP contribution in [0.1, 0.15) is 0 Å². The van der Waals surface area contributed by atoms with Gasteiger partial charge in [-0.3, -0.25) is 14.3 Å². The Hall–Kier alpha value is -3.13. The molecule has 0 saturated heterocycles. The Kier molecular flexibility index (Phi) is 4.30. The maximum atomic E-state index is 12.1. The Bertz CT molecular complexity index is 1060. The number of carbonyl (C=O) groups excluding carboxylic acids is 1. The number of fused-ring (bicyclic) bond motifs is 1. The Balaban J connectivity index is 1.79. The molecule has 0 aliphatic rings. The predicted octanol–water partition coefficient (Wildman–Crippen LogP) is 0.964. The highest BCUT2D eigenvalue weighted by Gasteiger charge is 2.12. The first-order chi connectivity index (χ1) is 11.6. The van der Waals surface area contributed by atoms with Gasteiger partial charge in [-0.25, -0.2) is 10.2 Å². The number of nitrogens with zero attached hydrogens (tertiary/aromatic N) is 1. The van der Waals surface area contributed by atoms with E-state index in [1.807, 2.05) is 30.3 Å². The summed E-state index contributed by atoms with van der Waals surface area (Å²) in [5.41, 5.74) is 0.889. The quantitative estimate of drug-likeness (QED) is 0.486. The van der Waals surface area contributed by atoms with Gasteiger partial charge in [0, 0.05) is 15.7 Å². The first kappa shape index (κ1) is 15.8. The summed E-state index contributed by atoms with van der Waals surface area (Å²) >= 11 is 1.07. The molecule has 120 valence electrons. The van der Waals surface area contributed by atoms with Gasteiger partial charge in [0.15, 0.2) is 5.36 Å². The lowest BCUT2D eigenvalue weighted by atomic mass is 10.2. The summed E-state index contributed by atoms with van der Waals surface area (Å²) < 4.78 is 2.48. The van der Waals surface area contributed by atoms with Gasteiger partial charge in [-0.2, -0.15) is 5.10 Å². The van der Waals surface area contributed by atoms with E-state index in [2.05, 4.69) is 15.2 Å². The molecule has 0 heterocycles. The monoisotopic (exact) mass is 341 g/mol. The topological polar surface area (TPSA) is 108 Å². The molecule has 0 aromatic heterocycles. The third kappa shape index (κ3) is 3.13. The second-order valence-electron chi connectivity index (χ2n) is 4.81. The Morgan fingerprint density at radius 1 is 1.00 bits per heavy atom. The van der Waals surface area contributed by atoms with Crippen LogP contribution in [0.15, 0.2) is 68.1 Å². The fourth-order valence-corrected chi connectivity index (χ4v) is 2.65. The van der Waals surface area contributed by atoms with E-state index in [1.54, 1.807) is 0 Å². The molecule has 0 aliphatic heterocycles. The Morgan fingerprint density at radius 3 is 2.46 bits per heavy atom. The van der Waals surface area contributed by atoms with Crippen LogP contribution < -0.4 is 26.4 Å². The Labute approximate surface area is 139 Å². The molecule has 7 nitrogen and oxygen atoms in total. The lowest BCUT2D eigenvalue weighted by Crippen LogP contribution is -2.37. The first-order valence-electron chi connectivity index (χ1n) is 6.84. The van der Waals surface area contributed by atoms with Gasteiger partial charge in [0.25, 0.3) is 0 Å². The highest BCUT2D eigenvalue weighted by atomic mass is 32.2. The van der Waals surface area contributed by atoms with Crippen LogP contribution in [0.25, 0.3) is 10.8 Å². The zero-order valence-electron chi connectivity index (χ0n) is 12.1. The van der Waals surface area contributed by atoms with Crippen molar-refractivity contribution < 1.29 is 9.90 Å². The van der Waals surface area contributed by atoms with E-state index in [1.165, 1.54) is 18.2 Å². The van der Waals surface area contributed by atoms with Crippen LogP contribution in [-0.4, -0.2) is 11.1 Å². The zero-order chi connectivity index (χ0) is 17.1. The van der Waals surface area contributed by atoms with Crippen LogP contribution in [0.4, 0.5) is 4.79 Å². The molecule has 0 radical (unpaired) electrons. The smallest absolute Gasteiger partial charge is 0.345 e. The molecule has 0 spiro atoms. The van der Waals surface area contributed by atoms with Crippen LogP contribution in [0.3, 0.4) is 0 Å². The first-order valence-corrected chi connectivity index (χ1v) is 7.66. The molecule has 0 unspecified atom stereocenters. The van der Waals surface area contributed by atoms with E-state index in [9.17, 15) is 19.5 Å². The van der Waals surface area contributed by atoms with E-state index in [4.69, 9.17) is 0 Å². The average Bonchev–Trinajstić information content (AvgIpc) is 2.82. The maximum Gasteiger partial charge on any atom is 0.345 e. The summed E-state index contributed by atoms with van der Waals surface area (Å²) in [5, 5.41) is 12.8. The number of phenols is 1. The van der Waals surface area contributed by atoms with E-state index >= 15 is 0 Å². The van der Waals surface area contributed by atoms with Gasteiger partial charge in [-0.1, -0.05) is 18.2 Å². The van der Waals surface area contributed by atoms with Crippen LogP contribution in [-0.2, 0) is 0 Å². The summed E-state index contributed by atoms with van der Waals surface area (Å²) in [6.45, 7) is 0. The van der Waals surface area contributed by atoms with Crippen molar-refractivity contribution in [3.8, 4) is 5.75 Å². The molecule has 3 N–H and O–H groups in total. The molecular formula is C16H11N3O4S. The average molecular weight is 341 g/mol. The molecule has 8 heteroatoms. The van der Waals surface area contributed by atoms with Gasteiger partial charge in [-0.05, 0) is 42.3 Å². The molecule has 0 fully saturated rings. The van der Waals surface area contributed by atoms with Crippen LogP contribution >= 0.6 is 11.9 Å². The lowest BCUT2D eigenvalue weighted by Gasteiger charge is -2.02. The minimum Gasteiger partial charge on any atom is -0.508 e. The van der Waals surface area contributed by atoms with E-state index in [0.717, 1.165) is 16.8 Å². The van der Waals surface area contributed by atoms with Crippen molar-refractivity contribution in [1.29, 1.82) is 0 Å². The number of aromatic hydroxyl groups is 1. The lowest BCUT2D eigenvalue weighted by molar-refractivity contribution is 0.246. The second-order valence-corrected chi connectivity index (χ2v) is 5.69. The third-order valence-electron chi connectivity index (χ3n) is 3.20. The highest BCUT2D eigenvalue weighted by Crippen LogP contribution is 2.13. The number of urea groups is 1. The number of hydrogen-bond donors (Lipinski definition) is 3. The van der Waals surface area contributed by atoms with Crippen molar-refractivity contribution in [1.82, 2.24) is 10.1 Å². The van der Waals surface area contributed by atoms with Crippen LogP contribution in [0.2, 0.25) is 0 Å². The molecule has 24 heavy (non-hydrogen) atoms. The number of nitrogens with one attached hydrogen (secondary N) is 2. The van der Waals surface area contributed by atoms with Crippen molar-refractivity contribution in [2.75, 3.05) is 0 Å². The number of rotatable bonds is 3. The van der Waals surface area contributed by atoms with Gasteiger partial charge in [0.05, 0.1) is 0 Å². The summed E-state index contributed by atoms with van der Waals surface area (Å²) in [4.78, 5) is 36.7. The van der Waals surface area contributed by atoms with Crippen molar-refractivity contribution in [2.24, 2.45) is 5.10 Å². The summed E-state index contributed by atoms with van der Waals surface area (Å²) in [6, 6.07) is 12.3. The fourth-order valence-electron chi connectivity index (χ4n) is 2.10. The third-order valence-corrected chi connectivity index (χ3v) is 3.99. The van der Waals surface area contributed by atoms with Gasteiger partial charge < -0.3 is 5.11 Å². The fraction of sp³-hybridized carbons (Fsp3) is 0. The molecule has 0 atom stereocenters. The van der Waals surface area contributed by atoms with Gasteiger partial charge in [0.2, 0.25) is 10.9 Å². The molecule has 0 aliphatic carbocycles. The molecule has 0 saturated carbocycles. The van der Waals surface area contributed by atoms with Crippen LogP contribution in [0.5, 0.6) is 5.75 Å². The number of amides is 2. The highest BCUT2D eigenvalue weighted by molar-refractivity contribution is 7.98. The minimum atomic E-state index is -0.671. The standard InChI is InChI=1S/C16H11N3O4S/c20-9-6-7-11-12(8-9)15(22)13(14(11)21)17-18-16(23)19-24-10-4-2-1-3-5-10/h1-8,20H,(H2,18,19,23)/b17-13+. The van der Waals surface area contributed by atoms with Crippen molar-refractivity contribution in [2.45, 2.75) is 4.90 Å². The number of hydrogen-bond acceptors (Lipinski definition) is 6. The van der Waals surface area contributed by atoms with Gasteiger partial charge >= 0.3 is 6.03 Å². The normalized spacial score (nSPS) is 11.6.